The van der Waals surface area contributed by atoms with Crippen molar-refractivity contribution < 1.29 is 9.53 Å². The summed E-state index contributed by atoms with van der Waals surface area (Å²) in [5.74, 6) is 0.416. The van der Waals surface area contributed by atoms with Crippen LogP contribution in [0.4, 0.5) is 0 Å². The van der Waals surface area contributed by atoms with Crippen molar-refractivity contribution in [1.29, 1.82) is 0 Å². The summed E-state index contributed by atoms with van der Waals surface area (Å²) in [6.07, 6.45) is 1.08. The maximum absolute atomic E-state index is 11.6. The third-order valence-corrected chi connectivity index (χ3v) is 3.71. The number of hydrogen-bond acceptors (Lipinski definition) is 4. The minimum Gasteiger partial charge on any atom is -0.465 e. The number of nitrogens with zero attached hydrogens (tertiary/aromatic N) is 1. The van der Waals surface area contributed by atoms with Crippen LogP contribution in [-0.2, 0) is 9.53 Å². The first-order chi connectivity index (χ1) is 7.95. The summed E-state index contributed by atoms with van der Waals surface area (Å²) >= 11 is 0. The van der Waals surface area contributed by atoms with Crippen molar-refractivity contribution >= 4 is 5.97 Å². The van der Waals surface area contributed by atoms with E-state index in [0.717, 1.165) is 13.0 Å². The fourth-order valence-electron chi connectivity index (χ4n) is 2.43. The molecule has 4 atom stereocenters. The van der Waals surface area contributed by atoms with Crippen molar-refractivity contribution in [2.24, 2.45) is 5.92 Å². The molecule has 0 aromatic rings. The first kappa shape index (κ1) is 14.5. The van der Waals surface area contributed by atoms with Crippen LogP contribution in [0.5, 0.6) is 0 Å². The van der Waals surface area contributed by atoms with E-state index in [-0.39, 0.29) is 12.0 Å². The maximum atomic E-state index is 11.6. The molecule has 0 amide bonds. The summed E-state index contributed by atoms with van der Waals surface area (Å²) in [5.41, 5.74) is 0. The van der Waals surface area contributed by atoms with Crippen molar-refractivity contribution in [3.63, 3.8) is 0 Å². The van der Waals surface area contributed by atoms with Crippen LogP contribution in [0, 0.1) is 5.92 Å². The van der Waals surface area contributed by atoms with E-state index in [1.165, 1.54) is 0 Å². The highest BCUT2D eigenvalue weighted by atomic mass is 16.5. The molecule has 0 saturated carbocycles. The molecule has 1 N–H and O–H groups in total. The molecule has 17 heavy (non-hydrogen) atoms. The number of esters is 1. The summed E-state index contributed by atoms with van der Waals surface area (Å²) in [7, 11) is 2.16. The van der Waals surface area contributed by atoms with Crippen LogP contribution >= 0.6 is 0 Å². The van der Waals surface area contributed by atoms with Gasteiger partial charge in [0.2, 0.25) is 0 Å². The Balaban J connectivity index is 2.47. The molecule has 4 nitrogen and oxygen atoms in total. The van der Waals surface area contributed by atoms with Gasteiger partial charge in [-0.3, -0.25) is 4.79 Å². The Morgan fingerprint density at radius 3 is 2.76 bits per heavy atom. The number of ether oxygens (including phenoxy) is 1. The number of rotatable bonds is 4. The van der Waals surface area contributed by atoms with Crippen molar-refractivity contribution in [2.75, 3.05) is 20.2 Å². The summed E-state index contributed by atoms with van der Waals surface area (Å²) in [6.45, 7) is 9.71. The van der Waals surface area contributed by atoms with Crippen molar-refractivity contribution in [1.82, 2.24) is 10.2 Å². The Hall–Kier alpha value is -0.610. The molecule has 0 spiro atoms. The zero-order chi connectivity index (χ0) is 13.0. The van der Waals surface area contributed by atoms with Crippen molar-refractivity contribution in [2.45, 2.75) is 52.2 Å². The molecule has 1 heterocycles. The van der Waals surface area contributed by atoms with Crippen molar-refractivity contribution in [3.05, 3.63) is 0 Å². The second kappa shape index (κ2) is 6.36. The molecule has 0 bridgehead atoms. The third kappa shape index (κ3) is 3.96. The summed E-state index contributed by atoms with van der Waals surface area (Å²) < 4.78 is 5.02. The SMILES string of the molecule is CCOC(=O)C(C)NC1CC(C)N(C)CC1C. The lowest BCUT2D eigenvalue weighted by atomic mass is 9.89. The molecule has 0 aromatic carbocycles. The lowest BCUT2D eigenvalue weighted by molar-refractivity contribution is -0.145. The Kier molecular flexibility index (Phi) is 5.40. The minimum absolute atomic E-state index is 0.147. The number of piperidine rings is 1. The Labute approximate surface area is 105 Å². The van der Waals surface area contributed by atoms with Crippen LogP contribution in [0.3, 0.4) is 0 Å². The fourth-order valence-corrected chi connectivity index (χ4v) is 2.43. The number of carbonyl (C=O) groups is 1. The van der Waals surface area contributed by atoms with E-state index in [1.54, 1.807) is 0 Å². The van der Waals surface area contributed by atoms with Gasteiger partial charge >= 0.3 is 5.97 Å². The van der Waals surface area contributed by atoms with E-state index in [0.29, 0.717) is 24.6 Å². The molecule has 1 saturated heterocycles. The van der Waals surface area contributed by atoms with Crippen LogP contribution in [0.15, 0.2) is 0 Å². The molecule has 0 aromatic heterocycles. The first-order valence-electron chi connectivity index (χ1n) is 6.58. The smallest absolute Gasteiger partial charge is 0.322 e. The predicted octanol–water partition coefficient (Wildman–Crippen LogP) is 1.26. The van der Waals surface area contributed by atoms with Gasteiger partial charge in [0.05, 0.1) is 6.61 Å². The van der Waals surface area contributed by atoms with E-state index in [4.69, 9.17) is 4.74 Å². The lowest BCUT2D eigenvalue weighted by Gasteiger charge is -2.40. The molecule has 1 aliphatic rings. The van der Waals surface area contributed by atoms with E-state index in [1.807, 2.05) is 13.8 Å². The summed E-state index contributed by atoms with van der Waals surface area (Å²) in [4.78, 5) is 13.9. The Bertz CT molecular complexity index is 258. The molecule has 100 valence electrons. The van der Waals surface area contributed by atoms with Gasteiger partial charge in [0.25, 0.3) is 0 Å². The monoisotopic (exact) mass is 242 g/mol. The number of nitrogens with one attached hydrogen (secondary N) is 1. The van der Waals surface area contributed by atoms with E-state index in [2.05, 4.69) is 31.1 Å². The standard InChI is InChI=1S/C13H26N2O2/c1-6-17-13(16)11(4)14-12-7-10(3)15(5)8-9(12)2/h9-12,14H,6-8H2,1-5H3. The highest BCUT2D eigenvalue weighted by molar-refractivity contribution is 5.75. The molecular weight excluding hydrogens is 216 g/mol. The van der Waals surface area contributed by atoms with Gasteiger partial charge in [-0.15, -0.1) is 0 Å². The molecule has 0 aliphatic carbocycles. The number of hydrogen-bond donors (Lipinski definition) is 1. The van der Waals surface area contributed by atoms with Gasteiger partial charge in [0.15, 0.2) is 0 Å². The van der Waals surface area contributed by atoms with E-state index >= 15 is 0 Å². The summed E-state index contributed by atoms with van der Waals surface area (Å²) in [5, 5.41) is 3.40. The Morgan fingerprint density at radius 2 is 2.18 bits per heavy atom. The molecule has 1 fully saturated rings. The van der Waals surface area contributed by atoms with Gasteiger partial charge in [0, 0.05) is 18.6 Å². The molecule has 1 aliphatic heterocycles. The summed E-state index contributed by atoms with van der Waals surface area (Å²) in [6, 6.07) is 0.761. The maximum Gasteiger partial charge on any atom is 0.322 e. The van der Waals surface area contributed by atoms with Crippen LogP contribution in [-0.4, -0.2) is 49.2 Å². The van der Waals surface area contributed by atoms with E-state index in [9.17, 15) is 4.79 Å². The zero-order valence-electron chi connectivity index (χ0n) is 11.7. The van der Waals surface area contributed by atoms with Crippen molar-refractivity contribution in [3.8, 4) is 0 Å². The van der Waals surface area contributed by atoms with Gasteiger partial charge in [0.1, 0.15) is 6.04 Å². The number of carbonyl (C=O) groups excluding carboxylic acids is 1. The third-order valence-electron chi connectivity index (χ3n) is 3.71. The fraction of sp³-hybridized carbons (Fsp3) is 0.923. The average Bonchev–Trinajstić information content (AvgIpc) is 2.26. The molecule has 4 heteroatoms. The zero-order valence-corrected chi connectivity index (χ0v) is 11.7. The van der Waals surface area contributed by atoms with Gasteiger partial charge in [-0.2, -0.15) is 0 Å². The quantitative estimate of drug-likeness (QED) is 0.754. The van der Waals surface area contributed by atoms with Gasteiger partial charge in [-0.05, 0) is 40.2 Å². The molecule has 1 rings (SSSR count). The molecule has 4 unspecified atom stereocenters. The molecular formula is C13H26N2O2. The highest BCUT2D eigenvalue weighted by Crippen LogP contribution is 2.21. The van der Waals surface area contributed by atoms with Gasteiger partial charge in [-0.25, -0.2) is 0 Å². The Morgan fingerprint density at radius 1 is 1.53 bits per heavy atom. The second-order valence-electron chi connectivity index (χ2n) is 5.25. The highest BCUT2D eigenvalue weighted by Gasteiger charge is 2.30. The second-order valence-corrected chi connectivity index (χ2v) is 5.25. The predicted molar refractivity (Wildman–Crippen MR) is 68.9 cm³/mol. The van der Waals surface area contributed by atoms with Crippen LogP contribution in [0.1, 0.15) is 34.1 Å². The van der Waals surface area contributed by atoms with Gasteiger partial charge in [-0.1, -0.05) is 6.92 Å². The van der Waals surface area contributed by atoms with Crippen LogP contribution in [0.25, 0.3) is 0 Å². The average molecular weight is 242 g/mol. The molecule has 0 radical (unpaired) electrons. The normalized spacial score (nSPS) is 32.2. The first-order valence-corrected chi connectivity index (χ1v) is 6.58. The number of likely N-dealkylation sites (tertiary alicyclic amines) is 1. The van der Waals surface area contributed by atoms with Crippen LogP contribution < -0.4 is 5.32 Å². The lowest BCUT2D eigenvalue weighted by Crippen LogP contribution is -2.54. The largest absolute Gasteiger partial charge is 0.465 e. The topological polar surface area (TPSA) is 41.6 Å². The van der Waals surface area contributed by atoms with Gasteiger partial charge < -0.3 is 15.0 Å². The van der Waals surface area contributed by atoms with E-state index < -0.39 is 0 Å². The minimum atomic E-state index is -0.210. The van der Waals surface area contributed by atoms with Crippen LogP contribution in [0.2, 0.25) is 0 Å².